The lowest BCUT2D eigenvalue weighted by Gasteiger charge is -2.56. The molecule has 2 aromatic rings. The molecule has 36 heavy (non-hydrogen) atoms. The second-order valence-electron chi connectivity index (χ2n) is 10.8. The average Bonchev–Trinajstić information content (AvgIpc) is 3.37. The van der Waals surface area contributed by atoms with Gasteiger partial charge in [0.1, 0.15) is 27.3 Å². The Bertz CT molecular complexity index is 1210. The number of methoxy groups -OCH3 is 1. The summed E-state index contributed by atoms with van der Waals surface area (Å²) in [5, 5.41) is 10.1. The second-order valence-corrected chi connectivity index (χ2v) is 12.5. The van der Waals surface area contributed by atoms with Gasteiger partial charge in [0.05, 0.1) is 12.0 Å². The Morgan fingerprint density at radius 3 is 2.56 bits per heavy atom. The summed E-state index contributed by atoms with van der Waals surface area (Å²) >= 11 is 7.17. The maximum Gasteiger partial charge on any atom is 0.266 e. The van der Waals surface area contributed by atoms with Crippen molar-refractivity contribution in [1.82, 2.24) is 4.90 Å². The maximum atomic E-state index is 13.7. The molecular formula is C28H32N2O4S2. The molecule has 2 heterocycles. The zero-order chi connectivity index (χ0) is 25.0. The fourth-order valence-corrected chi connectivity index (χ4v) is 8.53. The van der Waals surface area contributed by atoms with Crippen LogP contribution in [0.1, 0.15) is 49.8 Å². The zero-order valence-corrected chi connectivity index (χ0v) is 22.1. The molecule has 3 N–H and O–H groups in total. The van der Waals surface area contributed by atoms with E-state index in [1.54, 1.807) is 19.2 Å². The molecule has 1 aromatic carbocycles. The minimum Gasteiger partial charge on any atom is -0.508 e. The molecule has 1 amide bonds. The van der Waals surface area contributed by atoms with Crippen LogP contribution in [0.3, 0.4) is 0 Å². The number of aromatic hydroxyl groups is 1. The zero-order valence-electron chi connectivity index (χ0n) is 20.4. The Morgan fingerprint density at radius 1 is 1.17 bits per heavy atom. The number of thioether (sulfide) groups is 1. The van der Waals surface area contributed by atoms with Crippen LogP contribution in [0.25, 0.3) is 17.4 Å². The van der Waals surface area contributed by atoms with Gasteiger partial charge in [-0.1, -0.05) is 24.0 Å². The van der Waals surface area contributed by atoms with Gasteiger partial charge in [0.25, 0.3) is 5.91 Å². The summed E-state index contributed by atoms with van der Waals surface area (Å²) in [7, 11) is 1.56. The topological polar surface area (TPSA) is 88.9 Å². The van der Waals surface area contributed by atoms with Crippen LogP contribution in [0, 0.1) is 23.7 Å². The lowest BCUT2D eigenvalue weighted by molar-refractivity contribution is -0.130. The van der Waals surface area contributed by atoms with Crippen molar-refractivity contribution in [2.24, 2.45) is 29.4 Å². The smallest absolute Gasteiger partial charge is 0.266 e. The van der Waals surface area contributed by atoms with E-state index >= 15 is 0 Å². The van der Waals surface area contributed by atoms with Gasteiger partial charge in [-0.25, -0.2) is 0 Å². The molecule has 4 aliphatic carbocycles. The summed E-state index contributed by atoms with van der Waals surface area (Å²) in [4.78, 5) is 16.3. The fourth-order valence-electron chi connectivity index (χ4n) is 7.21. The molecule has 8 heteroatoms. The highest BCUT2D eigenvalue weighted by Gasteiger charge is 2.53. The number of ether oxygens (including phenoxy) is 1. The number of aryl methyl sites for hydroxylation is 1. The van der Waals surface area contributed by atoms with Gasteiger partial charge in [0.15, 0.2) is 0 Å². The van der Waals surface area contributed by atoms with Gasteiger partial charge in [-0.05, 0) is 98.9 Å². The number of carbonyl (C=O) groups is 1. The van der Waals surface area contributed by atoms with E-state index in [4.69, 9.17) is 27.1 Å². The first-order chi connectivity index (χ1) is 17.4. The van der Waals surface area contributed by atoms with Crippen molar-refractivity contribution in [1.29, 1.82) is 0 Å². The summed E-state index contributed by atoms with van der Waals surface area (Å²) in [5.74, 6) is 4.78. The van der Waals surface area contributed by atoms with Crippen molar-refractivity contribution in [2.45, 2.75) is 51.0 Å². The molecule has 0 radical (unpaired) electrons. The Kier molecular flexibility index (Phi) is 6.38. The van der Waals surface area contributed by atoms with E-state index in [2.05, 4.69) is 0 Å². The second kappa shape index (κ2) is 9.54. The highest BCUT2D eigenvalue weighted by molar-refractivity contribution is 8.26. The van der Waals surface area contributed by atoms with E-state index in [1.165, 1.54) is 43.9 Å². The Hall–Kier alpha value is -2.29. The number of hydrogen-bond donors (Lipinski definition) is 2. The first-order valence-electron chi connectivity index (χ1n) is 12.9. The van der Waals surface area contributed by atoms with Gasteiger partial charge in [-0.2, -0.15) is 0 Å². The number of nitrogens with zero attached hydrogens (tertiary/aromatic N) is 1. The predicted molar refractivity (Wildman–Crippen MR) is 146 cm³/mol. The first-order valence-corrected chi connectivity index (χ1v) is 14.1. The lowest BCUT2D eigenvalue weighted by atomic mass is 9.54. The van der Waals surface area contributed by atoms with Crippen LogP contribution in [0.4, 0.5) is 0 Å². The first kappa shape index (κ1) is 24.1. The number of furan rings is 1. The summed E-state index contributed by atoms with van der Waals surface area (Å²) in [6.45, 7) is 0.564. The highest BCUT2D eigenvalue weighted by Crippen LogP contribution is 2.56. The molecule has 0 spiro atoms. The van der Waals surface area contributed by atoms with Gasteiger partial charge >= 0.3 is 0 Å². The Balaban J connectivity index is 1.31. The molecule has 0 unspecified atom stereocenters. The number of rotatable bonds is 7. The number of thiocarbonyl (C=S) groups is 1. The number of amides is 1. The van der Waals surface area contributed by atoms with Crippen molar-refractivity contribution >= 4 is 40.3 Å². The third kappa shape index (κ3) is 4.27. The van der Waals surface area contributed by atoms with Gasteiger partial charge in [-0.15, -0.1) is 0 Å². The normalized spacial score (nSPS) is 30.1. The van der Waals surface area contributed by atoms with Crippen molar-refractivity contribution in [2.75, 3.05) is 13.7 Å². The molecule has 4 saturated carbocycles. The van der Waals surface area contributed by atoms with Crippen LogP contribution >= 0.6 is 24.0 Å². The van der Waals surface area contributed by atoms with Crippen molar-refractivity contribution in [3.8, 4) is 22.8 Å². The number of carbonyl (C=O) groups excluding carboxylic acids is 1. The van der Waals surface area contributed by atoms with Gasteiger partial charge in [-0.3, -0.25) is 9.69 Å². The van der Waals surface area contributed by atoms with E-state index in [0.717, 1.165) is 30.2 Å². The minimum atomic E-state index is 0.0178. The number of nitrogens with two attached hydrogens (primary N) is 1. The summed E-state index contributed by atoms with van der Waals surface area (Å²) in [6, 6.07) is 7.23. The van der Waals surface area contributed by atoms with Gasteiger partial charge < -0.3 is 20.0 Å². The van der Waals surface area contributed by atoms with Crippen LogP contribution in [0.15, 0.2) is 33.6 Å². The average molecular weight is 525 g/mol. The van der Waals surface area contributed by atoms with Crippen molar-refractivity contribution < 1.29 is 19.1 Å². The predicted octanol–water partition coefficient (Wildman–Crippen LogP) is 5.58. The van der Waals surface area contributed by atoms with Crippen molar-refractivity contribution in [3.05, 3.63) is 40.5 Å². The molecule has 5 fully saturated rings. The van der Waals surface area contributed by atoms with Crippen LogP contribution in [-0.4, -0.2) is 39.9 Å². The fraction of sp³-hybridized carbons (Fsp3) is 0.500. The van der Waals surface area contributed by atoms with Crippen LogP contribution in [0.5, 0.6) is 11.5 Å². The maximum absolute atomic E-state index is 13.7. The van der Waals surface area contributed by atoms with Crippen LogP contribution in [-0.2, 0) is 11.2 Å². The molecule has 190 valence electrons. The molecule has 1 aromatic heterocycles. The monoisotopic (exact) mass is 524 g/mol. The minimum absolute atomic E-state index is 0.0178. The Labute approximate surface area is 221 Å². The molecule has 0 atom stereocenters. The van der Waals surface area contributed by atoms with Crippen molar-refractivity contribution in [3.63, 3.8) is 0 Å². The van der Waals surface area contributed by atoms with Gasteiger partial charge in [0.2, 0.25) is 0 Å². The van der Waals surface area contributed by atoms with Crippen LogP contribution in [0.2, 0.25) is 0 Å². The van der Waals surface area contributed by atoms with E-state index < -0.39 is 0 Å². The van der Waals surface area contributed by atoms with Gasteiger partial charge in [0, 0.05) is 23.7 Å². The molecule has 6 nitrogen and oxygen atoms in total. The number of benzene rings is 1. The summed E-state index contributed by atoms with van der Waals surface area (Å²) < 4.78 is 12.2. The SMILES string of the molecule is COc1cc(O)cc(-c2cc(CCCN)c(C=C3SC(=S)N(C4C5CC6CC(C5)CC4C6)C3=O)o2)c1. The summed E-state index contributed by atoms with van der Waals surface area (Å²) in [6.07, 6.45) is 9.74. The third-order valence-corrected chi connectivity index (χ3v) is 9.79. The standard InChI is InChI=1S/C28H32N2O4S2/c1-33-22-11-18(10-21(31)13-22)23-12-17(3-2-4-29)24(34-23)14-25-27(32)30(28(35)36-25)26-19-6-15-5-16(8-19)9-20(26)7-15/h10-16,19-20,26,31H,2-9,29H2,1H3. The quantitative estimate of drug-likeness (QED) is 0.361. The lowest BCUT2D eigenvalue weighted by Crippen LogP contribution is -2.57. The van der Waals surface area contributed by atoms with E-state index in [0.29, 0.717) is 50.4 Å². The largest absolute Gasteiger partial charge is 0.508 e. The number of phenolic OH excluding ortho intramolecular Hbond substituents is 1. The molecule has 7 rings (SSSR count). The molecular weight excluding hydrogens is 492 g/mol. The molecule has 1 saturated heterocycles. The number of phenols is 1. The molecule has 1 aliphatic heterocycles. The molecule has 4 bridgehead atoms. The Morgan fingerprint density at radius 2 is 1.89 bits per heavy atom. The van der Waals surface area contributed by atoms with Crippen LogP contribution < -0.4 is 10.5 Å². The van der Waals surface area contributed by atoms with E-state index in [9.17, 15) is 9.90 Å². The summed E-state index contributed by atoms with van der Waals surface area (Å²) in [5.41, 5.74) is 7.48. The van der Waals surface area contributed by atoms with E-state index in [-0.39, 0.29) is 17.7 Å². The number of hydrogen-bond acceptors (Lipinski definition) is 7. The van der Waals surface area contributed by atoms with E-state index in [1.807, 2.05) is 23.1 Å². The highest BCUT2D eigenvalue weighted by atomic mass is 32.2. The molecule has 5 aliphatic rings. The third-order valence-electron chi connectivity index (χ3n) is 8.46.